The molecule has 0 aliphatic rings. The molecule has 0 saturated carbocycles. The van der Waals surface area contributed by atoms with E-state index >= 15 is 0 Å². The van der Waals surface area contributed by atoms with Crippen LogP contribution in [0.5, 0.6) is 0 Å². The molecule has 0 rings (SSSR count). The van der Waals surface area contributed by atoms with Gasteiger partial charge >= 0.3 is 0 Å². The molecule has 0 spiro atoms. The molecular weight excluding hydrogens is 196 g/mol. The van der Waals surface area contributed by atoms with Crippen molar-refractivity contribution in [2.45, 2.75) is 59.5 Å². The molecule has 2 nitrogen and oxygen atoms in total. The Morgan fingerprint density at radius 1 is 1.25 bits per heavy atom. The first-order chi connectivity index (χ1) is 7.39. The number of likely N-dealkylation sites (N-methyl/N-ethyl adjacent to an activating group) is 2. The minimum atomic E-state index is 0.179. The van der Waals surface area contributed by atoms with Gasteiger partial charge in [-0.3, -0.25) is 4.90 Å². The van der Waals surface area contributed by atoms with Crippen molar-refractivity contribution in [3.63, 3.8) is 0 Å². The van der Waals surface area contributed by atoms with Crippen LogP contribution in [-0.2, 0) is 0 Å². The average molecular weight is 226 g/mol. The first-order valence-corrected chi connectivity index (χ1v) is 6.52. The van der Waals surface area contributed by atoms with Crippen LogP contribution in [0.25, 0.3) is 0 Å². The molecule has 1 N–H and O–H groups in total. The monoisotopic (exact) mass is 226 g/mol. The smallest absolute Gasteiger partial charge is 0.0309 e. The van der Waals surface area contributed by atoms with Crippen LogP contribution in [0.15, 0.2) is 12.2 Å². The van der Waals surface area contributed by atoms with E-state index in [-0.39, 0.29) is 5.54 Å². The molecule has 0 heterocycles. The Morgan fingerprint density at radius 2 is 1.75 bits per heavy atom. The fourth-order valence-electron chi connectivity index (χ4n) is 2.43. The molecule has 0 aliphatic heterocycles. The summed E-state index contributed by atoms with van der Waals surface area (Å²) in [5.41, 5.74) is 1.43. The molecule has 0 saturated heterocycles. The largest absolute Gasteiger partial charge is 0.312 e. The summed E-state index contributed by atoms with van der Waals surface area (Å²) in [6.45, 7) is 20.7. The third kappa shape index (κ3) is 4.26. The van der Waals surface area contributed by atoms with Gasteiger partial charge in [-0.1, -0.05) is 26.3 Å². The normalized spacial score (nSPS) is 14.2. The van der Waals surface area contributed by atoms with Crippen LogP contribution < -0.4 is 5.32 Å². The van der Waals surface area contributed by atoms with E-state index in [9.17, 15) is 0 Å². The number of rotatable bonds is 8. The van der Waals surface area contributed by atoms with Gasteiger partial charge in [-0.05, 0) is 46.8 Å². The lowest BCUT2D eigenvalue weighted by atomic mass is 9.87. The quantitative estimate of drug-likeness (QED) is 0.640. The van der Waals surface area contributed by atoms with Crippen LogP contribution in [0.2, 0.25) is 0 Å². The zero-order chi connectivity index (χ0) is 12.8. The predicted octanol–water partition coefficient (Wildman–Crippen LogP) is 3.05. The van der Waals surface area contributed by atoms with Crippen LogP contribution in [0.1, 0.15) is 48.0 Å². The van der Waals surface area contributed by atoms with Crippen molar-refractivity contribution in [2.75, 3.05) is 19.6 Å². The summed E-state index contributed by atoms with van der Waals surface area (Å²) >= 11 is 0. The molecule has 2 heteroatoms. The van der Waals surface area contributed by atoms with E-state index in [1.54, 1.807) is 0 Å². The molecule has 1 atom stereocenters. The fourth-order valence-corrected chi connectivity index (χ4v) is 2.43. The Balaban J connectivity index is 4.77. The average Bonchev–Trinajstić information content (AvgIpc) is 2.18. The van der Waals surface area contributed by atoms with Gasteiger partial charge in [0.05, 0.1) is 0 Å². The van der Waals surface area contributed by atoms with Gasteiger partial charge < -0.3 is 5.32 Å². The van der Waals surface area contributed by atoms with Crippen LogP contribution in [0.3, 0.4) is 0 Å². The van der Waals surface area contributed by atoms with Gasteiger partial charge in [0, 0.05) is 11.6 Å². The van der Waals surface area contributed by atoms with Gasteiger partial charge in [0.1, 0.15) is 0 Å². The molecule has 0 aromatic rings. The van der Waals surface area contributed by atoms with Crippen molar-refractivity contribution < 1.29 is 0 Å². The lowest BCUT2D eigenvalue weighted by Gasteiger charge is -2.44. The molecule has 0 aliphatic carbocycles. The SMILES string of the molecule is C=C(C)CC(NCC)C(C)(C)N(CC)CC. The Kier molecular flexibility index (Phi) is 6.93. The maximum absolute atomic E-state index is 4.04. The van der Waals surface area contributed by atoms with Crippen LogP contribution in [0.4, 0.5) is 0 Å². The summed E-state index contributed by atoms with van der Waals surface area (Å²) in [4.78, 5) is 2.52. The molecule has 0 aromatic heterocycles. The third-order valence-corrected chi connectivity index (χ3v) is 3.43. The van der Waals surface area contributed by atoms with E-state index in [0.717, 1.165) is 26.1 Å². The Bertz CT molecular complexity index is 205. The number of hydrogen-bond donors (Lipinski definition) is 1. The molecule has 0 radical (unpaired) electrons. The van der Waals surface area contributed by atoms with Crippen LogP contribution in [0, 0.1) is 0 Å². The summed E-state index contributed by atoms with van der Waals surface area (Å²) in [6.07, 6.45) is 1.05. The van der Waals surface area contributed by atoms with Crippen molar-refractivity contribution >= 4 is 0 Å². The maximum Gasteiger partial charge on any atom is 0.0309 e. The van der Waals surface area contributed by atoms with Crippen molar-refractivity contribution in [1.82, 2.24) is 10.2 Å². The first-order valence-electron chi connectivity index (χ1n) is 6.52. The molecule has 0 bridgehead atoms. The van der Waals surface area contributed by atoms with Gasteiger partial charge in [-0.15, -0.1) is 6.58 Å². The molecule has 16 heavy (non-hydrogen) atoms. The molecule has 0 aromatic carbocycles. The summed E-state index contributed by atoms with van der Waals surface area (Å²) in [6, 6.07) is 0.481. The van der Waals surface area contributed by atoms with Crippen LogP contribution in [-0.4, -0.2) is 36.1 Å². The zero-order valence-corrected chi connectivity index (χ0v) is 12.1. The highest BCUT2D eigenvalue weighted by atomic mass is 15.2. The second kappa shape index (κ2) is 7.08. The topological polar surface area (TPSA) is 15.3 Å². The molecule has 1 unspecified atom stereocenters. The minimum Gasteiger partial charge on any atom is -0.312 e. The predicted molar refractivity (Wildman–Crippen MR) is 73.9 cm³/mol. The summed E-state index contributed by atoms with van der Waals surface area (Å²) in [5, 5.41) is 3.60. The van der Waals surface area contributed by atoms with Gasteiger partial charge in [0.25, 0.3) is 0 Å². The van der Waals surface area contributed by atoms with E-state index in [1.807, 2.05) is 0 Å². The van der Waals surface area contributed by atoms with Crippen molar-refractivity contribution in [2.24, 2.45) is 0 Å². The highest BCUT2D eigenvalue weighted by molar-refractivity contribution is 5.02. The van der Waals surface area contributed by atoms with E-state index in [1.165, 1.54) is 5.57 Å². The second-order valence-corrected chi connectivity index (χ2v) is 5.10. The molecular formula is C14H30N2. The van der Waals surface area contributed by atoms with Gasteiger partial charge in [-0.25, -0.2) is 0 Å². The second-order valence-electron chi connectivity index (χ2n) is 5.10. The molecule has 0 fully saturated rings. The third-order valence-electron chi connectivity index (χ3n) is 3.43. The lowest BCUT2D eigenvalue weighted by molar-refractivity contribution is 0.0918. The summed E-state index contributed by atoms with van der Waals surface area (Å²) in [5.74, 6) is 0. The first kappa shape index (κ1) is 15.7. The van der Waals surface area contributed by atoms with Crippen LogP contribution >= 0.6 is 0 Å². The Morgan fingerprint density at radius 3 is 2.06 bits per heavy atom. The molecule has 0 amide bonds. The van der Waals surface area contributed by atoms with E-state index in [2.05, 4.69) is 58.3 Å². The van der Waals surface area contributed by atoms with Crippen molar-refractivity contribution in [3.05, 3.63) is 12.2 Å². The lowest BCUT2D eigenvalue weighted by Crippen LogP contribution is -2.57. The van der Waals surface area contributed by atoms with Gasteiger partial charge in [0.15, 0.2) is 0 Å². The standard InChI is InChI=1S/C14H30N2/c1-8-15-13(11-12(4)5)14(6,7)16(9-2)10-3/h13,15H,4,8-11H2,1-3,5-7H3. The summed E-state index contributed by atoms with van der Waals surface area (Å²) < 4.78 is 0. The summed E-state index contributed by atoms with van der Waals surface area (Å²) in [7, 11) is 0. The number of hydrogen-bond acceptors (Lipinski definition) is 2. The minimum absolute atomic E-state index is 0.179. The number of nitrogens with one attached hydrogen (secondary N) is 1. The van der Waals surface area contributed by atoms with E-state index < -0.39 is 0 Å². The van der Waals surface area contributed by atoms with Crippen molar-refractivity contribution in [3.8, 4) is 0 Å². The Labute approximate surface area is 102 Å². The highest BCUT2D eigenvalue weighted by Gasteiger charge is 2.33. The number of nitrogens with zero attached hydrogens (tertiary/aromatic N) is 1. The Hall–Kier alpha value is -0.340. The maximum atomic E-state index is 4.04. The fraction of sp³-hybridized carbons (Fsp3) is 0.857. The van der Waals surface area contributed by atoms with Crippen molar-refractivity contribution in [1.29, 1.82) is 0 Å². The zero-order valence-electron chi connectivity index (χ0n) is 12.1. The highest BCUT2D eigenvalue weighted by Crippen LogP contribution is 2.23. The van der Waals surface area contributed by atoms with Gasteiger partial charge in [0.2, 0.25) is 0 Å². The molecule has 96 valence electrons. The van der Waals surface area contributed by atoms with E-state index in [4.69, 9.17) is 0 Å². The van der Waals surface area contributed by atoms with E-state index in [0.29, 0.717) is 6.04 Å². The van der Waals surface area contributed by atoms with Gasteiger partial charge in [-0.2, -0.15) is 0 Å².